The highest BCUT2D eigenvalue weighted by Crippen LogP contribution is 2.45. The lowest BCUT2D eigenvalue weighted by atomic mass is 10.3. The average Bonchev–Trinajstić information content (AvgIpc) is 3.40. The first-order valence-electron chi connectivity index (χ1n) is 10.7. The number of hydrogen-bond donors (Lipinski definition) is 2. The number of imidazole rings is 1. The average molecular weight is 506 g/mol. The zero-order valence-electron chi connectivity index (χ0n) is 18.9. The molecule has 4 atom stereocenters. The van der Waals surface area contributed by atoms with Crippen LogP contribution in [0.3, 0.4) is 0 Å². The second-order valence-corrected chi connectivity index (χ2v) is 9.52. The highest BCUT2D eigenvalue weighted by molar-refractivity contribution is 7.57. The number of para-hydroxylation sites is 1. The molecule has 0 bridgehead atoms. The summed E-state index contributed by atoms with van der Waals surface area (Å²) >= 11 is 0. The Balaban J connectivity index is 1.47. The van der Waals surface area contributed by atoms with E-state index in [0.717, 1.165) is 6.08 Å². The van der Waals surface area contributed by atoms with Crippen LogP contribution in [0.5, 0.6) is 5.75 Å². The predicted octanol–water partition coefficient (Wildman–Crippen LogP) is 2.90. The fourth-order valence-electron chi connectivity index (χ4n) is 3.27. The SMILES string of the molecule is CCOC(=O)[C@H](C)N[P@](=O)(CO[C@@H]1C=C(F)C(n2cnc3cnc(N)nc32)O1)Oc1ccccc1. The van der Waals surface area contributed by atoms with E-state index in [0.29, 0.717) is 5.52 Å². The third-order valence-electron chi connectivity index (χ3n) is 4.82. The molecule has 1 aromatic carbocycles. The first-order chi connectivity index (χ1) is 16.8. The molecular weight excluding hydrogens is 482 g/mol. The standard InChI is InChI=1S/C21H24FN6O6P/c1-3-31-20(29)13(2)27-35(30,34-14-7-5-4-6-8-14)12-32-17-9-15(22)19(33-17)28-11-25-16-10-24-21(23)26-18(16)28/h4-11,13,17,19H,3,12H2,1-2H3,(H,27,30)(H2,23,24,26)/t13-,17-,19?,35-/m0/s1. The van der Waals surface area contributed by atoms with Crippen molar-refractivity contribution in [2.24, 2.45) is 0 Å². The maximum atomic E-state index is 14.8. The van der Waals surface area contributed by atoms with Crippen LogP contribution in [0.25, 0.3) is 11.2 Å². The molecule has 35 heavy (non-hydrogen) atoms. The summed E-state index contributed by atoms with van der Waals surface area (Å²) in [6.45, 7) is 3.30. The molecule has 0 saturated heterocycles. The van der Waals surface area contributed by atoms with Gasteiger partial charge in [-0.15, -0.1) is 0 Å². The lowest BCUT2D eigenvalue weighted by molar-refractivity contribution is -0.144. The number of fused-ring (bicyclic) bond motifs is 1. The number of carbonyl (C=O) groups is 1. The van der Waals surface area contributed by atoms with Gasteiger partial charge in [0.1, 0.15) is 17.3 Å². The van der Waals surface area contributed by atoms with Crippen LogP contribution in [0.1, 0.15) is 20.1 Å². The number of aromatic nitrogens is 4. The number of esters is 1. The number of halogens is 1. The molecule has 12 nitrogen and oxygen atoms in total. The Bertz CT molecular complexity index is 1270. The first-order valence-corrected chi connectivity index (χ1v) is 12.5. The van der Waals surface area contributed by atoms with Crippen molar-refractivity contribution < 1.29 is 32.5 Å². The Hall–Kier alpha value is -3.38. The number of carbonyl (C=O) groups excluding carboxylic acids is 1. The molecule has 0 spiro atoms. The van der Waals surface area contributed by atoms with Gasteiger partial charge in [0.25, 0.3) is 0 Å². The molecule has 0 saturated carbocycles. The van der Waals surface area contributed by atoms with E-state index in [4.69, 9.17) is 24.5 Å². The summed E-state index contributed by atoms with van der Waals surface area (Å²) in [6, 6.07) is 7.40. The summed E-state index contributed by atoms with van der Waals surface area (Å²) in [4.78, 5) is 24.1. The van der Waals surface area contributed by atoms with E-state index in [9.17, 15) is 13.8 Å². The lowest BCUT2D eigenvalue weighted by Gasteiger charge is -2.24. The van der Waals surface area contributed by atoms with E-state index >= 15 is 0 Å². The van der Waals surface area contributed by atoms with Crippen molar-refractivity contribution in [2.75, 3.05) is 18.7 Å². The number of hydrogen-bond acceptors (Lipinski definition) is 10. The van der Waals surface area contributed by atoms with E-state index in [1.165, 1.54) is 24.0 Å². The Morgan fingerprint density at radius 1 is 1.34 bits per heavy atom. The highest BCUT2D eigenvalue weighted by Gasteiger charge is 2.36. The molecule has 1 unspecified atom stereocenters. The van der Waals surface area contributed by atoms with E-state index in [2.05, 4.69) is 20.0 Å². The molecule has 0 aliphatic carbocycles. The molecule has 3 N–H and O–H groups in total. The number of nitrogen functional groups attached to an aromatic ring is 1. The monoisotopic (exact) mass is 506 g/mol. The molecule has 186 valence electrons. The number of nitrogens with one attached hydrogen (secondary N) is 1. The number of nitrogens with zero attached hydrogens (tertiary/aromatic N) is 4. The Labute approximate surface area is 199 Å². The second kappa shape index (κ2) is 10.5. The van der Waals surface area contributed by atoms with Crippen molar-refractivity contribution in [3.63, 3.8) is 0 Å². The van der Waals surface area contributed by atoms with Crippen molar-refractivity contribution in [3.8, 4) is 5.75 Å². The summed E-state index contributed by atoms with van der Waals surface area (Å²) in [7, 11) is -3.83. The number of nitrogens with two attached hydrogens (primary N) is 1. The van der Waals surface area contributed by atoms with Crippen molar-refractivity contribution >= 4 is 30.6 Å². The van der Waals surface area contributed by atoms with Crippen molar-refractivity contribution in [3.05, 3.63) is 54.8 Å². The van der Waals surface area contributed by atoms with Crippen LogP contribution < -0.4 is 15.3 Å². The van der Waals surface area contributed by atoms with Crippen LogP contribution in [-0.2, 0) is 23.6 Å². The van der Waals surface area contributed by atoms with Gasteiger partial charge in [-0.05, 0) is 26.0 Å². The van der Waals surface area contributed by atoms with Crippen LogP contribution >= 0.6 is 7.52 Å². The predicted molar refractivity (Wildman–Crippen MR) is 123 cm³/mol. The quantitative estimate of drug-likeness (QED) is 0.308. The fourth-order valence-corrected chi connectivity index (χ4v) is 4.95. The Kier molecular flexibility index (Phi) is 7.41. The molecule has 14 heteroatoms. The van der Waals surface area contributed by atoms with Crippen LogP contribution in [0, 0.1) is 0 Å². The fraction of sp³-hybridized carbons (Fsp3) is 0.333. The maximum absolute atomic E-state index is 14.8. The minimum atomic E-state index is -3.83. The van der Waals surface area contributed by atoms with Gasteiger partial charge in [-0.3, -0.25) is 13.9 Å². The summed E-state index contributed by atoms with van der Waals surface area (Å²) < 4.78 is 51.5. The van der Waals surface area contributed by atoms with E-state index in [-0.39, 0.29) is 24.0 Å². The van der Waals surface area contributed by atoms with E-state index in [1.807, 2.05) is 0 Å². The third-order valence-corrected chi connectivity index (χ3v) is 6.59. The molecule has 3 aromatic rings. The highest BCUT2D eigenvalue weighted by atomic mass is 31.2. The van der Waals surface area contributed by atoms with Crippen LogP contribution in [0.2, 0.25) is 0 Å². The number of anilines is 1. The Morgan fingerprint density at radius 2 is 2.11 bits per heavy atom. The van der Waals surface area contributed by atoms with Gasteiger partial charge >= 0.3 is 13.5 Å². The summed E-state index contributed by atoms with van der Waals surface area (Å²) in [5.41, 5.74) is 6.30. The molecule has 1 aliphatic rings. The van der Waals surface area contributed by atoms with Gasteiger partial charge in [-0.25, -0.2) is 19.4 Å². The van der Waals surface area contributed by atoms with E-state index < -0.39 is 44.2 Å². The van der Waals surface area contributed by atoms with Crippen molar-refractivity contribution in [2.45, 2.75) is 32.4 Å². The second-order valence-electron chi connectivity index (χ2n) is 7.47. The lowest BCUT2D eigenvalue weighted by Crippen LogP contribution is -2.36. The number of benzene rings is 1. The zero-order chi connectivity index (χ0) is 25.0. The molecule has 0 amide bonds. The van der Waals surface area contributed by atoms with Gasteiger partial charge in [-0.2, -0.15) is 4.98 Å². The Morgan fingerprint density at radius 3 is 2.86 bits per heavy atom. The van der Waals surface area contributed by atoms with Gasteiger partial charge in [-0.1, -0.05) is 18.2 Å². The minimum Gasteiger partial charge on any atom is -0.465 e. The summed E-state index contributed by atoms with van der Waals surface area (Å²) in [6.07, 6.45) is 0.872. The minimum absolute atomic E-state index is 0.00442. The summed E-state index contributed by atoms with van der Waals surface area (Å²) in [5, 5.41) is 2.65. The molecule has 3 heterocycles. The third kappa shape index (κ3) is 5.82. The molecule has 0 fully saturated rings. The summed E-state index contributed by atoms with van der Waals surface area (Å²) in [5.74, 6) is -0.994. The zero-order valence-corrected chi connectivity index (χ0v) is 19.8. The molecule has 4 rings (SSSR count). The normalized spacial score (nSPS) is 20.3. The molecular formula is C21H24FN6O6P. The van der Waals surface area contributed by atoms with Gasteiger partial charge in [0, 0.05) is 6.08 Å². The smallest absolute Gasteiger partial charge is 0.342 e. The van der Waals surface area contributed by atoms with Crippen LogP contribution in [0.4, 0.5) is 10.3 Å². The van der Waals surface area contributed by atoms with Crippen molar-refractivity contribution in [1.82, 2.24) is 24.6 Å². The number of ether oxygens (including phenoxy) is 3. The van der Waals surface area contributed by atoms with Gasteiger partial charge in [0.2, 0.25) is 5.95 Å². The topological polar surface area (TPSA) is 153 Å². The largest absolute Gasteiger partial charge is 0.465 e. The first kappa shape index (κ1) is 24.7. The van der Waals surface area contributed by atoms with Gasteiger partial charge in [0.05, 0.1) is 19.1 Å². The van der Waals surface area contributed by atoms with Crippen molar-refractivity contribution in [1.29, 1.82) is 0 Å². The maximum Gasteiger partial charge on any atom is 0.342 e. The van der Waals surface area contributed by atoms with Crippen LogP contribution in [0.15, 0.2) is 54.8 Å². The van der Waals surface area contributed by atoms with E-state index in [1.54, 1.807) is 37.3 Å². The molecule has 1 aliphatic heterocycles. The van der Waals surface area contributed by atoms with Gasteiger partial charge in [0.15, 0.2) is 30.3 Å². The van der Waals surface area contributed by atoms with Gasteiger partial charge < -0.3 is 24.5 Å². The van der Waals surface area contributed by atoms with Crippen LogP contribution in [-0.4, -0.2) is 50.8 Å². The molecule has 0 radical (unpaired) electrons. The molecule has 2 aromatic heterocycles. The number of rotatable bonds is 10.